The normalized spacial score (nSPS) is 19.4. The second-order valence-electron chi connectivity index (χ2n) is 8.04. The Morgan fingerprint density at radius 3 is 2.52 bits per heavy atom. The average molecular weight is 421 g/mol. The van der Waals surface area contributed by atoms with Gasteiger partial charge < -0.3 is 9.32 Å². The van der Waals surface area contributed by atoms with Crippen LogP contribution in [0.15, 0.2) is 64.8 Å². The average Bonchev–Trinajstić information content (AvgIpc) is 3.45. The molecule has 1 atom stereocenters. The van der Waals surface area contributed by atoms with E-state index in [-0.39, 0.29) is 24.4 Å². The number of hydrogen-bond donors (Lipinski definition) is 0. The number of rotatable bonds is 6. The number of carbonyl (C=O) groups excluding carboxylic acids is 2. The number of aryl methyl sites for hydroxylation is 1. The van der Waals surface area contributed by atoms with Crippen molar-refractivity contribution in [3.8, 4) is 0 Å². The number of hydrazone groups is 1. The molecule has 1 aromatic carbocycles. The van der Waals surface area contributed by atoms with Gasteiger partial charge >= 0.3 is 0 Å². The minimum absolute atomic E-state index is 0.0608. The summed E-state index contributed by atoms with van der Waals surface area (Å²) in [6, 6.07) is 11.7. The molecule has 0 N–H and O–H groups in total. The second kappa shape index (κ2) is 9.31. The van der Waals surface area contributed by atoms with Gasteiger partial charge in [0.1, 0.15) is 11.8 Å². The van der Waals surface area contributed by atoms with Gasteiger partial charge in [-0.1, -0.05) is 35.9 Å². The van der Waals surface area contributed by atoms with E-state index in [9.17, 15) is 9.59 Å². The van der Waals surface area contributed by atoms with E-state index in [0.29, 0.717) is 39.0 Å². The van der Waals surface area contributed by atoms with Crippen LogP contribution >= 0.6 is 0 Å². The molecule has 162 valence electrons. The number of nitrogens with zero attached hydrogens (tertiary/aromatic N) is 4. The first kappa shape index (κ1) is 21.1. The molecule has 0 bridgehead atoms. The Hall–Kier alpha value is -3.19. The Bertz CT molecular complexity index is 957. The van der Waals surface area contributed by atoms with Crippen molar-refractivity contribution >= 4 is 17.5 Å². The highest BCUT2D eigenvalue weighted by atomic mass is 16.3. The Morgan fingerprint density at radius 2 is 1.87 bits per heavy atom. The molecule has 0 spiro atoms. The van der Waals surface area contributed by atoms with Gasteiger partial charge in [-0.15, -0.1) is 6.58 Å². The molecule has 3 heterocycles. The molecule has 0 aliphatic carbocycles. The van der Waals surface area contributed by atoms with E-state index >= 15 is 0 Å². The van der Waals surface area contributed by atoms with Crippen molar-refractivity contribution in [1.29, 1.82) is 0 Å². The summed E-state index contributed by atoms with van der Waals surface area (Å²) in [6.45, 7) is 8.53. The number of amides is 2. The SMILES string of the molecule is C=CCC(=O)N1CCN(CC(=O)N2N=C(c3ccc(C)cc3)C[C@H]2c2ccco2)CC1. The first-order chi connectivity index (χ1) is 15.0. The number of hydrogen-bond acceptors (Lipinski definition) is 5. The van der Waals surface area contributed by atoms with Crippen LogP contribution in [0.3, 0.4) is 0 Å². The Kier molecular flexibility index (Phi) is 6.32. The lowest BCUT2D eigenvalue weighted by Gasteiger charge is -2.35. The maximum absolute atomic E-state index is 13.2. The molecule has 1 fully saturated rings. The molecular weight excluding hydrogens is 392 g/mol. The summed E-state index contributed by atoms with van der Waals surface area (Å²) in [4.78, 5) is 29.2. The summed E-state index contributed by atoms with van der Waals surface area (Å²) in [6.07, 6.45) is 4.23. The number of carbonyl (C=O) groups is 2. The van der Waals surface area contributed by atoms with Gasteiger partial charge in [0, 0.05) is 39.0 Å². The smallest absolute Gasteiger partial charge is 0.257 e. The van der Waals surface area contributed by atoms with Crippen molar-refractivity contribution in [2.24, 2.45) is 5.10 Å². The summed E-state index contributed by atoms with van der Waals surface area (Å²) in [5.74, 6) is 0.763. The summed E-state index contributed by atoms with van der Waals surface area (Å²) < 4.78 is 5.62. The van der Waals surface area contributed by atoms with Crippen LogP contribution in [0, 0.1) is 6.92 Å². The van der Waals surface area contributed by atoms with Crippen LogP contribution in [0.4, 0.5) is 0 Å². The van der Waals surface area contributed by atoms with Crippen LogP contribution < -0.4 is 0 Å². The van der Waals surface area contributed by atoms with E-state index < -0.39 is 0 Å². The monoisotopic (exact) mass is 420 g/mol. The van der Waals surface area contributed by atoms with Crippen LogP contribution in [0.1, 0.15) is 35.8 Å². The molecule has 1 aromatic heterocycles. The predicted molar refractivity (Wildman–Crippen MR) is 118 cm³/mol. The highest BCUT2D eigenvalue weighted by molar-refractivity contribution is 6.03. The number of piperazine rings is 1. The fraction of sp³-hybridized carbons (Fsp3) is 0.375. The predicted octanol–water partition coefficient (Wildman–Crippen LogP) is 2.99. The van der Waals surface area contributed by atoms with Gasteiger partial charge in [-0.05, 0) is 24.6 Å². The van der Waals surface area contributed by atoms with Crippen LogP contribution in [0.25, 0.3) is 0 Å². The fourth-order valence-electron chi connectivity index (χ4n) is 4.03. The topological polar surface area (TPSA) is 69.4 Å². The molecule has 2 aromatic rings. The summed E-state index contributed by atoms with van der Waals surface area (Å²) in [5, 5.41) is 6.27. The van der Waals surface area contributed by atoms with E-state index in [1.54, 1.807) is 17.3 Å². The molecule has 31 heavy (non-hydrogen) atoms. The van der Waals surface area contributed by atoms with Crippen LogP contribution in [0.2, 0.25) is 0 Å². The molecule has 2 aliphatic rings. The zero-order chi connectivity index (χ0) is 21.8. The zero-order valence-corrected chi connectivity index (χ0v) is 17.9. The van der Waals surface area contributed by atoms with E-state index in [4.69, 9.17) is 9.52 Å². The van der Waals surface area contributed by atoms with Crippen molar-refractivity contribution in [3.05, 3.63) is 72.2 Å². The lowest BCUT2D eigenvalue weighted by molar-refractivity contribution is -0.136. The summed E-state index contributed by atoms with van der Waals surface area (Å²) >= 11 is 0. The van der Waals surface area contributed by atoms with E-state index in [1.807, 2.05) is 36.1 Å². The molecule has 7 heteroatoms. The van der Waals surface area contributed by atoms with Gasteiger partial charge in [0.25, 0.3) is 5.91 Å². The molecular formula is C24H28N4O3. The minimum Gasteiger partial charge on any atom is -0.467 e. The third-order valence-electron chi connectivity index (χ3n) is 5.83. The van der Waals surface area contributed by atoms with Crippen LogP contribution in [-0.2, 0) is 9.59 Å². The molecule has 7 nitrogen and oxygen atoms in total. The molecule has 0 radical (unpaired) electrons. The van der Waals surface area contributed by atoms with Gasteiger partial charge in [0.15, 0.2) is 0 Å². The molecule has 4 rings (SSSR count). The van der Waals surface area contributed by atoms with Crippen molar-refractivity contribution in [1.82, 2.24) is 14.8 Å². The van der Waals surface area contributed by atoms with Crippen LogP contribution in [0.5, 0.6) is 0 Å². The van der Waals surface area contributed by atoms with Crippen molar-refractivity contribution in [2.45, 2.75) is 25.8 Å². The summed E-state index contributed by atoms with van der Waals surface area (Å²) in [7, 11) is 0. The number of furan rings is 1. The van der Waals surface area contributed by atoms with Gasteiger partial charge in [-0.25, -0.2) is 5.01 Å². The highest BCUT2D eigenvalue weighted by Gasteiger charge is 2.35. The third kappa shape index (κ3) is 4.77. The molecule has 0 unspecified atom stereocenters. The number of benzene rings is 1. The Morgan fingerprint density at radius 1 is 1.13 bits per heavy atom. The van der Waals surface area contributed by atoms with Gasteiger partial charge in [0.05, 0.1) is 18.5 Å². The highest BCUT2D eigenvalue weighted by Crippen LogP contribution is 2.33. The Labute approximate surface area is 182 Å². The maximum Gasteiger partial charge on any atom is 0.257 e. The van der Waals surface area contributed by atoms with E-state index in [1.165, 1.54) is 5.56 Å². The third-order valence-corrected chi connectivity index (χ3v) is 5.83. The largest absolute Gasteiger partial charge is 0.467 e. The molecule has 2 aliphatic heterocycles. The Balaban J connectivity index is 1.45. The maximum atomic E-state index is 13.2. The van der Waals surface area contributed by atoms with Crippen molar-refractivity contribution in [3.63, 3.8) is 0 Å². The lowest BCUT2D eigenvalue weighted by atomic mass is 10.0. The molecule has 1 saturated heterocycles. The minimum atomic E-state index is -0.241. The fourth-order valence-corrected chi connectivity index (χ4v) is 4.03. The first-order valence-electron chi connectivity index (χ1n) is 10.7. The van der Waals surface area contributed by atoms with Crippen LogP contribution in [-0.4, -0.2) is 65.1 Å². The van der Waals surface area contributed by atoms with Gasteiger partial charge in [-0.3, -0.25) is 14.5 Å². The molecule has 0 saturated carbocycles. The summed E-state index contributed by atoms with van der Waals surface area (Å²) in [5.41, 5.74) is 3.09. The van der Waals surface area contributed by atoms with E-state index in [2.05, 4.69) is 23.6 Å². The van der Waals surface area contributed by atoms with E-state index in [0.717, 1.165) is 17.0 Å². The molecule has 2 amide bonds. The first-order valence-corrected chi connectivity index (χ1v) is 10.7. The van der Waals surface area contributed by atoms with Crippen molar-refractivity contribution in [2.75, 3.05) is 32.7 Å². The van der Waals surface area contributed by atoms with Gasteiger partial charge in [-0.2, -0.15) is 5.10 Å². The quantitative estimate of drug-likeness (QED) is 0.674. The lowest BCUT2D eigenvalue weighted by Crippen LogP contribution is -2.51. The van der Waals surface area contributed by atoms with Crippen molar-refractivity contribution < 1.29 is 14.0 Å². The standard InChI is InChI=1S/C24H28N4O3/c1-3-5-23(29)27-13-11-26(12-14-27)17-24(30)28-21(22-6-4-15-31-22)16-20(25-28)19-9-7-18(2)8-10-19/h3-4,6-10,15,21H,1,5,11-14,16-17H2,2H3/t21-/m0/s1. The van der Waals surface area contributed by atoms with Gasteiger partial charge in [0.2, 0.25) is 5.91 Å². The zero-order valence-electron chi connectivity index (χ0n) is 17.9. The second-order valence-corrected chi connectivity index (χ2v) is 8.04.